The lowest BCUT2D eigenvalue weighted by atomic mass is 9.48. The lowest BCUT2D eigenvalue weighted by molar-refractivity contribution is -0.197. The van der Waals surface area contributed by atoms with E-state index in [-0.39, 0.29) is 23.9 Å². The van der Waals surface area contributed by atoms with Crippen molar-refractivity contribution in [2.45, 2.75) is 74.3 Å². The van der Waals surface area contributed by atoms with Gasteiger partial charge in [0.2, 0.25) is 0 Å². The first-order valence-electron chi connectivity index (χ1n) is 13.5. The fourth-order valence-electron chi connectivity index (χ4n) is 7.90. The zero-order chi connectivity index (χ0) is 24.7. The van der Waals surface area contributed by atoms with Crippen LogP contribution in [0.5, 0.6) is 11.5 Å². The molecule has 0 unspecified atom stereocenters. The van der Waals surface area contributed by atoms with Crippen molar-refractivity contribution in [3.63, 3.8) is 0 Å². The van der Waals surface area contributed by atoms with E-state index in [0.29, 0.717) is 25.1 Å². The molecule has 5 aliphatic rings. The van der Waals surface area contributed by atoms with Crippen LogP contribution in [0.2, 0.25) is 0 Å². The number of urea groups is 1. The fraction of sp³-hybridized carbons (Fsp3) is 0.552. The normalized spacial score (nSPS) is 34.0. The molecule has 5 atom stereocenters. The van der Waals surface area contributed by atoms with Crippen molar-refractivity contribution in [3.8, 4) is 11.5 Å². The Hall–Kier alpha value is -2.77. The van der Waals surface area contributed by atoms with Crippen LogP contribution in [0.15, 0.2) is 42.5 Å². The number of likely N-dealkylation sites (tertiary alicyclic amines) is 1. The first kappa shape index (κ1) is 22.4. The molecule has 7 rings (SSSR count). The Bertz CT molecular complexity index is 1200. The molecule has 2 heterocycles. The molecule has 190 valence electrons. The summed E-state index contributed by atoms with van der Waals surface area (Å²) in [6.45, 7) is 2.43. The molecule has 2 aliphatic heterocycles. The number of nitrogens with zero attached hydrogens (tertiary/aromatic N) is 2. The number of hydrogen-bond donors (Lipinski definition) is 3. The van der Waals surface area contributed by atoms with Crippen LogP contribution < -0.4 is 10.1 Å². The average Bonchev–Trinajstić information content (AvgIpc) is 3.63. The van der Waals surface area contributed by atoms with Gasteiger partial charge in [-0.25, -0.2) is 4.79 Å². The van der Waals surface area contributed by atoms with Gasteiger partial charge >= 0.3 is 6.03 Å². The van der Waals surface area contributed by atoms with Crippen LogP contribution in [0.25, 0.3) is 0 Å². The smallest absolute Gasteiger partial charge is 0.317 e. The number of phenolic OH excluding ortho intramolecular Hbond substituents is 1. The first-order valence-corrected chi connectivity index (χ1v) is 13.5. The number of benzene rings is 2. The molecule has 2 aromatic carbocycles. The van der Waals surface area contributed by atoms with Gasteiger partial charge in [0.15, 0.2) is 11.5 Å². The predicted molar refractivity (Wildman–Crippen MR) is 135 cm³/mol. The quantitative estimate of drug-likeness (QED) is 0.601. The Kier molecular flexibility index (Phi) is 4.90. The van der Waals surface area contributed by atoms with E-state index < -0.39 is 17.1 Å². The van der Waals surface area contributed by atoms with Gasteiger partial charge in [-0.3, -0.25) is 4.90 Å². The maximum absolute atomic E-state index is 13.3. The highest BCUT2D eigenvalue weighted by molar-refractivity contribution is 5.75. The highest BCUT2D eigenvalue weighted by Gasteiger charge is 2.73. The highest BCUT2D eigenvalue weighted by atomic mass is 16.5. The maximum atomic E-state index is 13.3. The summed E-state index contributed by atoms with van der Waals surface area (Å²) in [5, 5.41) is 26.4. The zero-order valence-corrected chi connectivity index (χ0v) is 20.8. The Morgan fingerprint density at radius 3 is 2.75 bits per heavy atom. The third-order valence-corrected chi connectivity index (χ3v) is 9.84. The van der Waals surface area contributed by atoms with E-state index in [0.717, 1.165) is 43.0 Å². The van der Waals surface area contributed by atoms with E-state index in [9.17, 15) is 15.0 Å². The van der Waals surface area contributed by atoms with Crippen molar-refractivity contribution in [3.05, 3.63) is 59.2 Å². The number of likely N-dealkylation sites (N-methyl/N-ethyl adjacent to an activating group) is 1. The summed E-state index contributed by atoms with van der Waals surface area (Å²) in [5.74, 6) is 1.41. The van der Waals surface area contributed by atoms with Crippen LogP contribution >= 0.6 is 0 Å². The molecular formula is C29H35N3O4. The van der Waals surface area contributed by atoms with Crippen molar-refractivity contribution in [2.75, 3.05) is 20.1 Å². The van der Waals surface area contributed by atoms with Crippen LogP contribution in [0.4, 0.5) is 4.79 Å². The van der Waals surface area contributed by atoms with Crippen molar-refractivity contribution >= 4 is 6.03 Å². The lowest BCUT2D eigenvalue weighted by Crippen LogP contribution is -2.78. The number of amides is 2. The largest absolute Gasteiger partial charge is 0.504 e. The average molecular weight is 490 g/mol. The van der Waals surface area contributed by atoms with Gasteiger partial charge in [-0.05, 0) is 68.2 Å². The molecule has 3 aliphatic carbocycles. The third kappa shape index (κ3) is 3.02. The molecule has 36 heavy (non-hydrogen) atoms. The second kappa shape index (κ2) is 7.86. The predicted octanol–water partition coefficient (Wildman–Crippen LogP) is 3.17. The summed E-state index contributed by atoms with van der Waals surface area (Å²) < 4.78 is 6.60. The Balaban J connectivity index is 1.23. The van der Waals surface area contributed by atoms with Crippen LogP contribution in [0.1, 0.15) is 48.8 Å². The van der Waals surface area contributed by atoms with Crippen LogP contribution in [-0.2, 0) is 18.4 Å². The maximum Gasteiger partial charge on any atom is 0.317 e. The van der Waals surface area contributed by atoms with Gasteiger partial charge in [0.05, 0.1) is 17.1 Å². The molecule has 0 radical (unpaired) electrons. The lowest BCUT2D eigenvalue weighted by Gasteiger charge is -2.64. The van der Waals surface area contributed by atoms with E-state index >= 15 is 0 Å². The summed E-state index contributed by atoms with van der Waals surface area (Å²) in [6, 6.07) is 13.3. The van der Waals surface area contributed by atoms with E-state index in [1.165, 1.54) is 18.4 Å². The highest BCUT2D eigenvalue weighted by Crippen LogP contribution is 2.66. The number of carbonyl (C=O) groups excluding carboxylic acids is 1. The number of rotatable bonds is 5. The Morgan fingerprint density at radius 2 is 1.97 bits per heavy atom. The van der Waals surface area contributed by atoms with Gasteiger partial charge in [0, 0.05) is 31.7 Å². The number of hydrogen-bond acceptors (Lipinski definition) is 5. The van der Waals surface area contributed by atoms with E-state index in [1.807, 2.05) is 43.4 Å². The molecule has 1 spiro atoms. The minimum Gasteiger partial charge on any atom is -0.504 e. The van der Waals surface area contributed by atoms with Gasteiger partial charge in [-0.1, -0.05) is 36.4 Å². The van der Waals surface area contributed by atoms with Gasteiger partial charge < -0.3 is 25.2 Å². The van der Waals surface area contributed by atoms with Crippen LogP contribution in [0.3, 0.4) is 0 Å². The van der Waals surface area contributed by atoms with Crippen molar-refractivity contribution in [1.82, 2.24) is 15.1 Å². The standard InChI is InChI=1S/C29H35N3O4/c1-31(27(34)30-16-18-5-3-2-4-6-18)21-11-12-29(35)23-15-20-9-10-22(33)25-24(20)28(29,26(21)36-25)13-14-32(23)17-19-7-8-19/h2-6,9-10,19,21,23,26,33,35H,7-8,11-17H2,1H3,(H,30,34)/t21-,23-,26-,28-,29+/m0/s1. The number of carbonyl (C=O) groups is 1. The van der Waals surface area contributed by atoms with Gasteiger partial charge in [-0.15, -0.1) is 0 Å². The summed E-state index contributed by atoms with van der Waals surface area (Å²) in [6.07, 6.45) is 5.02. The second-order valence-electron chi connectivity index (χ2n) is 11.7. The minimum atomic E-state index is -0.936. The molecule has 0 aromatic heterocycles. The SMILES string of the molecule is CN(C(=O)NCc1ccccc1)[C@H]1CC[C@@]2(O)[C@@H]3Cc4ccc(O)c5c4[C@@]2(CCN3CC2CC2)[C@H]1O5. The molecule has 1 saturated heterocycles. The van der Waals surface area contributed by atoms with Gasteiger partial charge in [0.25, 0.3) is 0 Å². The molecule has 2 amide bonds. The third-order valence-electron chi connectivity index (χ3n) is 9.84. The van der Waals surface area contributed by atoms with Crippen molar-refractivity contribution in [1.29, 1.82) is 0 Å². The van der Waals surface area contributed by atoms with E-state index in [1.54, 1.807) is 11.0 Å². The van der Waals surface area contributed by atoms with Crippen LogP contribution in [-0.4, -0.2) is 70.0 Å². The Labute approximate surface area is 212 Å². The molecule has 7 heteroatoms. The fourth-order valence-corrected chi connectivity index (χ4v) is 7.90. The van der Waals surface area contributed by atoms with Gasteiger partial charge in [0.1, 0.15) is 6.10 Å². The van der Waals surface area contributed by atoms with E-state index in [4.69, 9.17) is 4.74 Å². The molecule has 2 aromatic rings. The molecule has 3 N–H and O–H groups in total. The monoisotopic (exact) mass is 489 g/mol. The number of nitrogens with one attached hydrogen (secondary N) is 1. The molecule has 2 bridgehead atoms. The molecule has 2 saturated carbocycles. The molecule has 3 fully saturated rings. The topological polar surface area (TPSA) is 85.3 Å². The van der Waals surface area contributed by atoms with Crippen molar-refractivity contribution < 1.29 is 19.7 Å². The minimum absolute atomic E-state index is 0.0408. The zero-order valence-electron chi connectivity index (χ0n) is 20.8. The second-order valence-corrected chi connectivity index (χ2v) is 11.7. The number of aromatic hydroxyl groups is 1. The first-order chi connectivity index (χ1) is 17.4. The van der Waals surface area contributed by atoms with E-state index in [2.05, 4.69) is 10.2 Å². The molecule has 7 nitrogen and oxygen atoms in total. The number of piperidine rings is 1. The summed E-state index contributed by atoms with van der Waals surface area (Å²) in [4.78, 5) is 17.6. The molecular weight excluding hydrogens is 454 g/mol. The Morgan fingerprint density at radius 1 is 1.17 bits per heavy atom. The summed E-state index contributed by atoms with van der Waals surface area (Å²) in [7, 11) is 1.83. The van der Waals surface area contributed by atoms with Crippen LogP contribution in [0, 0.1) is 5.92 Å². The number of ether oxygens (including phenoxy) is 1. The summed E-state index contributed by atoms with van der Waals surface area (Å²) in [5.41, 5.74) is 1.68. The number of phenols is 1. The van der Waals surface area contributed by atoms with Gasteiger partial charge in [-0.2, -0.15) is 0 Å². The number of aliphatic hydroxyl groups is 1. The summed E-state index contributed by atoms with van der Waals surface area (Å²) >= 11 is 0. The van der Waals surface area contributed by atoms with Crippen molar-refractivity contribution in [2.24, 2.45) is 5.92 Å².